The molecular weight excluding hydrogens is 542 g/mol. The second-order valence-corrected chi connectivity index (χ2v) is 14.4. The van der Waals surface area contributed by atoms with Crippen LogP contribution in [-0.2, 0) is 41.1 Å². The van der Waals surface area contributed by atoms with E-state index in [0.29, 0.717) is 12.8 Å². The molecule has 0 aromatic rings. The minimum absolute atomic E-state index is 0.174. The summed E-state index contributed by atoms with van der Waals surface area (Å²) in [5.41, 5.74) is 0. The van der Waals surface area contributed by atoms with Crippen molar-refractivity contribution in [1.82, 2.24) is 15.1 Å². The van der Waals surface area contributed by atoms with Crippen molar-refractivity contribution in [3.8, 4) is 0 Å². The smallest absolute Gasteiger partial charge is 0.319 e. The van der Waals surface area contributed by atoms with Crippen LogP contribution in [0, 0.1) is 0 Å². The zero-order chi connectivity index (χ0) is 26.4. The minimum atomic E-state index is -2.65. The quantitative estimate of drug-likeness (QED) is 0.206. The van der Waals surface area contributed by atoms with Crippen LogP contribution in [0.4, 0.5) is 0 Å². The van der Waals surface area contributed by atoms with Crippen molar-refractivity contribution in [2.75, 3.05) is 44.3 Å². The van der Waals surface area contributed by atoms with E-state index in [2.05, 4.69) is 0 Å². The van der Waals surface area contributed by atoms with Gasteiger partial charge in [-0.2, -0.15) is 5.01 Å². The number of carboxylic acids is 1. The van der Waals surface area contributed by atoms with Crippen LogP contribution in [0.2, 0.25) is 0 Å². The number of aliphatic carboxylic acids is 1. The molecule has 0 aliphatic carbocycles. The van der Waals surface area contributed by atoms with Gasteiger partial charge in [0.15, 0.2) is 32.1 Å². The molecule has 35 heavy (non-hydrogen) atoms. The molecule has 1 rings (SSSR count). The van der Waals surface area contributed by atoms with Gasteiger partial charge in [-0.15, -0.1) is 5.12 Å². The zero-order valence-corrected chi connectivity index (χ0v) is 24.9. The van der Waals surface area contributed by atoms with E-state index < -0.39 is 57.5 Å². The number of hydrogen-bond donors (Lipinski definition) is 1. The monoisotopic (exact) mass is 583 g/mol. The normalized spacial score (nSPS) is 22.3. The molecule has 1 N–H and O–H groups in total. The molecule has 0 spiro atoms. The number of hydrogen-bond acceptors (Lipinski definition) is 12. The summed E-state index contributed by atoms with van der Waals surface area (Å²) in [5.74, 6) is -1.15. The second kappa shape index (κ2) is 18.4. The lowest BCUT2D eigenvalue weighted by molar-refractivity contribution is -0.352. The fourth-order valence-electron chi connectivity index (χ4n) is 3.10. The molecule has 4 atom stereocenters. The van der Waals surface area contributed by atoms with Crippen LogP contribution in [0.15, 0.2) is 0 Å². The van der Waals surface area contributed by atoms with Gasteiger partial charge < -0.3 is 5.11 Å². The Bertz CT molecular complexity index is 711. The van der Waals surface area contributed by atoms with E-state index in [1.807, 2.05) is 0 Å². The Labute approximate surface area is 210 Å². The first-order valence-electron chi connectivity index (χ1n) is 12.0. The topological polar surface area (TPSA) is 152 Å². The van der Waals surface area contributed by atoms with Gasteiger partial charge in [0.1, 0.15) is 6.54 Å². The van der Waals surface area contributed by atoms with Gasteiger partial charge >= 0.3 is 5.97 Å². The molecule has 0 aromatic carbocycles. The molecule has 1 saturated heterocycles. The number of carboxylic acid groups (broad SMARTS) is 1. The third-order valence-corrected chi connectivity index (χ3v) is 9.11. The summed E-state index contributed by atoms with van der Waals surface area (Å²) in [4.78, 5) is 11.8. The largest absolute Gasteiger partial charge is 0.480 e. The van der Waals surface area contributed by atoms with E-state index in [4.69, 9.17) is 18.1 Å². The lowest BCUT2D eigenvalue weighted by atomic mass is 10.2. The minimum Gasteiger partial charge on any atom is -0.480 e. The Morgan fingerprint density at radius 1 is 0.714 bits per heavy atom. The molecule has 17 heteroatoms. The first kappa shape index (κ1) is 33.1. The van der Waals surface area contributed by atoms with Crippen LogP contribution >= 0.6 is 32.1 Å². The molecule has 0 radical (unpaired) electrons. The fraction of sp³-hybridized carbons (Fsp3) is 0.944. The maximum atomic E-state index is 12.5. The predicted octanol–water partition coefficient (Wildman–Crippen LogP) is 3.99. The summed E-state index contributed by atoms with van der Waals surface area (Å²) in [6, 6.07) is 0. The molecule has 0 aromatic heterocycles. The second-order valence-electron chi connectivity index (χ2n) is 7.67. The number of nitrogens with zero attached hydrogens (tertiary/aromatic N) is 3. The molecule has 0 amide bonds. The van der Waals surface area contributed by atoms with E-state index in [1.54, 1.807) is 27.7 Å². The number of carbonyl (C=O) groups is 1. The van der Waals surface area contributed by atoms with Gasteiger partial charge in [0.05, 0.1) is 0 Å². The van der Waals surface area contributed by atoms with Crippen LogP contribution < -0.4 is 0 Å². The zero-order valence-electron chi connectivity index (χ0n) is 20.9. The van der Waals surface area contributed by atoms with Gasteiger partial charge in [0.25, 0.3) is 6.41 Å². The first-order chi connectivity index (χ1) is 16.7. The summed E-state index contributed by atoms with van der Waals surface area (Å²) >= 11 is 0. The Morgan fingerprint density at radius 2 is 1.11 bits per heavy atom. The SMILES string of the molecule is CC[PH](=O)OC(O[PH](=O)CC)N1CCCCCCN(CC(=O)O)N1C(O[PH](=O)CC)O[PH](=O)CC. The predicted molar refractivity (Wildman–Crippen MR) is 136 cm³/mol. The molecule has 1 aliphatic rings. The van der Waals surface area contributed by atoms with Gasteiger partial charge in [-0.25, -0.2) is 5.01 Å². The molecule has 208 valence electrons. The Hall–Kier alpha value is 0.110. The fourth-order valence-corrected chi connectivity index (χ4v) is 5.48. The average Bonchev–Trinajstić information content (AvgIpc) is 2.92. The molecule has 0 saturated carbocycles. The van der Waals surface area contributed by atoms with Crippen molar-refractivity contribution in [2.45, 2.75) is 66.2 Å². The molecular formula is C18H41N3O10P4. The van der Waals surface area contributed by atoms with Gasteiger partial charge in [0.2, 0.25) is 6.41 Å². The third-order valence-electron chi connectivity index (χ3n) is 4.94. The highest BCUT2D eigenvalue weighted by Crippen LogP contribution is 2.38. The first-order valence-corrected chi connectivity index (χ1v) is 18.1. The van der Waals surface area contributed by atoms with Crippen molar-refractivity contribution >= 4 is 38.1 Å². The molecule has 1 fully saturated rings. The molecule has 1 aliphatic heterocycles. The van der Waals surface area contributed by atoms with E-state index in [1.165, 1.54) is 15.1 Å². The van der Waals surface area contributed by atoms with Crippen LogP contribution in [0.1, 0.15) is 53.4 Å². The number of rotatable bonds is 16. The summed E-state index contributed by atoms with van der Waals surface area (Å²) in [6.45, 7) is 6.63. The van der Waals surface area contributed by atoms with Gasteiger partial charge in [0, 0.05) is 37.7 Å². The third kappa shape index (κ3) is 12.5. The molecule has 4 unspecified atom stereocenters. The van der Waals surface area contributed by atoms with E-state index >= 15 is 0 Å². The highest BCUT2D eigenvalue weighted by atomic mass is 31.1. The number of hydrazine groups is 2. The maximum Gasteiger partial charge on any atom is 0.319 e. The summed E-state index contributed by atoms with van der Waals surface area (Å²) in [5, 5.41) is 13.7. The van der Waals surface area contributed by atoms with Crippen molar-refractivity contribution in [3.05, 3.63) is 0 Å². The van der Waals surface area contributed by atoms with Gasteiger partial charge in [-0.3, -0.25) is 41.1 Å². The van der Waals surface area contributed by atoms with E-state index in [-0.39, 0.29) is 37.7 Å². The standard InChI is InChI=1S/C18H41N3O10P4/c1-5-32(24)28-17(29-33(25)6-2)20-14-12-10-9-11-13-19(15-16(22)23)21(20)18(30-34(26)7-3)31-35(27)8-4/h17-18,32-35H,5-15H2,1-4H3,(H,22,23). The average molecular weight is 583 g/mol. The van der Waals surface area contributed by atoms with Crippen molar-refractivity contribution in [1.29, 1.82) is 0 Å². The van der Waals surface area contributed by atoms with Crippen LogP contribution in [0.3, 0.4) is 0 Å². The van der Waals surface area contributed by atoms with Crippen LogP contribution in [0.25, 0.3) is 0 Å². The molecule has 1 heterocycles. The van der Waals surface area contributed by atoms with Crippen molar-refractivity contribution in [2.24, 2.45) is 0 Å². The van der Waals surface area contributed by atoms with Crippen molar-refractivity contribution < 1.29 is 46.3 Å². The van der Waals surface area contributed by atoms with E-state index in [9.17, 15) is 28.2 Å². The van der Waals surface area contributed by atoms with Crippen LogP contribution in [0.5, 0.6) is 0 Å². The summed E-state index contributed by atoms with van der Waals surface area (Å²) < 4.78 is 72.4. The Kier molecular flexibility index (Phi) is 17.4. The van der Waals surface area contributed by atoms with Crippen LogP contribution in [-0.4, -0.2) is 83.3 Å². The lowest BCUT2D eigenvalue weighted by Gasteiger charge is -2.46. The van der Waals surface area contributed by atoms with Gasteiger partial charge in [-0.05, 0) is 12.8 Å². The summed E-state index contributed by atoms with van der Waals surface area (Å²) in [7, 11) is -10.5. The molecule has 13 nitrogen and oxygen atoms in total. The lowest BCUT2D eigenvalue weighted by Crippen LogP contribution is -2.63. The Morgan fingerprint density at radius 3 is 1.51 bits per heavy atom. The Balaban J connectivity index is 3.64. The van der Waals surface area contributed by atoms with E-state index in [0.717, 1.165) is 12.8 Å². The summed E-state index contributed by atoms with van der Waals surface area (Å²) in [6.07, 6.45) is 0.679. The van der Waals surface area contributed by atoms with Crippen molar-refractivity contribution in [3.63, 3.8) is 0 Å². The maximum absolute atomic E-state index is 12.5. The highest BCUT2D eigenvalue weighted by molar-refractivity contribution is 7.40. The van der Waals surface area contributed by atoms with Gasteiger partial charge in [-0.1, -0.05) is 40.5 Å². The molecule has 0 bridgehead atoms. The highest BCUT2D eigenvalue weighted by Gasteiger charge is 2.40.